The van der Waals surface area contributed by atoms with Gasteiger partial charge in [-0.05, 0) is 20.8 Å². The third-order valence-corrected chi connectivity index (χ3v) is 2.16. The lowest BCUT2D eigenvalue weighted by Crippen LogP contribution is -2.24. The predicted molar refractivity (Wildman–Crippen MR) is 56.4 cm³/mol. The van der Waals surface area contributed by atoms with E-state index in [1.165, 1.54) is 0 Å². The Labute approximate surface area is 89.2 Å². The van der Waals surface area contributed by atoms with Crippen LogP contribution in [0.15, 0.2) is 0 Å². The van der Waals surface area contributed by atoms with Gasteiger partial charge in [-0.3, -0.25) is 9.89 Å². The number of aromatic amines is 1. The highest BCUT2D eigenvalue weighted by molar-refractivity contribution is 5.71. The van der Waals surface area contributed by atoms with Crippen molar-refractivity contribution >= 4 is 5.97 Å². The minimum absolute atomic E-state index is 0.226. The van der Waals surface area contributed by atoms with E-state index in [0.29, 0.717) is 13.2 Å². The molecule has 0 spiro atoms. The van der Waals surface area contributed by atoms with Gasteiger partial charge in [0.1, 0.15) is 0 Å². The van der Waals surface area contributed by atoms with Gasteiger partial charge >= 0.3 is 5.97 Å². The zero-order valence-electron chi connectivity index (χ0n) is 9.39. The van der Waals surface area contributed by atoms with Gasteiger partial charge in [-0.1, -0.05) is 0 Å². The molecule has 0 unspecified atom stereocenters. The van der Waals surface area contributed by atoms with Gasteiger partial charge in [0.25, 0.3) is 0 Å². The topological polar surface area (TPSA) is 67.0 Å². The molecule has 0 aromatic carbocycles. The molecule has 0 amide bonds. The third kappa shape index (κ3) is 3.36. The van der Waals surface area contributed by atoms with E-state index in [1.54, 1.807) is 6.92 Å². The van der Waals surface area contributed by atoms with Crippen molar-refractivity contribution in [1.82, 2.24) is 15.5 Å². The summed E-state index contributed by atoms with van der Waals surface area (Å²) < 4.78 is 4.80. The maximum atomic E-state index is 11.0. The van der Waals surface area contributed by atoms with Gasteiger partial charge in [0.05, 0.1) is 18.8 Å². The number of rotatable bonds is 5. The monoisotopic (exact) mass is 211 g/mol. The van der Waals surface area contributed by atoms with Gasteiger partial charge in [0.15, 0.2) is 0 Å². The molecular weight excluding hydrogens is 194 g/mol. The standard InChI is InChI=1S/C10H17N3O2/c1-4-15-10(14)6-11-5-9-7(2)12-13-8(9)3/h11H,4-6H2,1-3H3,(H,12,13). The summed E-state index contributed by atoms with van der Waals surface area (Å²) in [5.74, 6) is -0.226. The van der Waals surface area contributed by atoms with Crippen LogP contribution in [-0.4, -0.2) is 29.3 Å². The first kappa shape index (κ1) is 11.7. The maximum Gasteiger partial charge on any atom is 0.319 e. The molecule has 0 fully saturated rings. The lowest BCUT2D eigenvalue weighted by atomic mass is 10.2. The van der Waals surface area contributed by atoms with Crippen molar-refractivity contribution < 1.29 is 9.53 Å². The molecule has 1 aromatic rings. The Morgan fingerprint density at radius 3 is 2.80 bits per heavy atom. The highest BCUT2D eigenvalue weighted by Gasteiger charge is 2.06. The molecule has 1 heterocycles. The molecular formula is C10H17N3O2. The Balaban J connectivity index is 2.35. The predicted octanol–water partition coefficient (Wildman–Crippen LogP) is 0.679. The molecule has 2 N–H and O–H groups in total. The Kier molecular flexibility index (Phi) is 4.30. The summed E-state index contributed by atoms with van der Waals surface area (Å²) in [5, 5.41) is 9.98. The highest BCUT2D eigenvalue weighted by Crippen LogP contribution is 2.07. The number of hydrogen-bond donors (Lipinski definition) is 2. The van der Waals surface area contributed by atoms with Crippen LogP contribution >= 0.6 is 0 Å². The van der Waals surface area contributed by atoms with E-state index in [2.05, 4.69) is 15.5 Å². The van der Waals surface area contributed by atoms with E-state index in [1.807, 2.05) is 13.8 Å². The summed E-state index contributed by atoms with van der Waals surface area (Å²) in [6.07, 6.45) is 0. The molecule has 84 valence electrons. The van der Waals surface area contributed by atoms with Crippen LogP contribution in [0.3, 0.4) is 0 Å². The Hall–Kier alpha value is -1.36. The van der Waals surface area contributed by atoms with Crippen LogP contribution in [0, 0.1) is 13.8 Å². The van der Waals surface area contributed by atoms with Gasteiger partial charge < -0.3 is 10.1 Å². The van der Waals surface area contributed by atoms with Crippen LogP contribution in [0.2, 0.25) is 0 Å². The number of carbonyl (C=O) groups excluding carboxylic acids is 1. The zero-order chi connectivity index (χ0) is 11.3. The van der Waals surface area contributed by atoms with E-state index >= 15 is 0 Å². The van der Waals surface area contributed by atoms with E-state index in [4.69, 9.17) is 4.74 Å². The highest BCUT2D eigenvalue weighted by atomic mass is 16.5. The number of H-pyrrole nitrogens is 1. The van der Waals surface area contributed by atoms with Gasteiger partial charge in [-0.2, -0.15) is 5.10 Å². The number of hydrogen-bond acceptors (Lipinski definition) is 4. The minimum atomic E-state index is -0.226. The van der Waals surface area contributed by atoms with E-state index in [0.717, 1.165) is 17.0 Å². The number of carbonyl (C=O) groups is 1. The fraction of sp³-hybridized carbons (Fsp3) is 0.600. The molecule has 0 bridgehead atoms. The first-order chi connectivity index (χ1) is 7.15. The van der Waals surface area contributed by atoms with E-state index in [9.17, 15) is 4.79 Å². The summed E-state index contributed by atoms with van der Waals surface area (Å²) in [4.78, 5) is 11.0. The molecule has 0 saturated heterocycles. The van der Waals surface area contributed by atoms with Gasteiger partial charge in [-0.15, -0.1) is 0 Å². The Morgan fingerprint density at radius 2 is 2.27 bits per heavy atom. The lowest BCUT2D eigenvalue weighted by molar-refractivity contribution is -0.142. The van der Waals surface area contributed by atoms with Crippen LogP contribution < -0.4 is 5.32 Å². The first-order valence-electron chi connectivity index (χ1n) is 5.02. The quantitative estimate of drug-likeness (QED) is 0.703. The maximum absolute atomic E-state index is 11.0. The molecule has 5 heteroatoms. The molecule has 0 aliphatic heterocycles. The zero-order valence-corrected chi connectivity index (χ0v) is 9.39. The molecule has 0 atom stereocenters. The van der Waals surface area contributed by atoms with Crippen LogP contribution in [0.5, 0.6) is 0 Å². The molecule has 0 radical (unpaired) electrons. The van der Waals surface area contributed by atoms with Crippen molar-refractivity contribution in [1.29, 1.82) is 0 Å². The number of aryl methyl sites for hydroxylation is 2. The number of ether oxygens (including phenoxy) is 1. The van der Waals surface area contributed by atoms with Crippen LogP contribution in [0.1, 0.15) is 23.9 Å². The first-order valence-corrected chi connectivity index (χ1v) is 5.02. The fourth-order valence-electron chi connectivity index (χ4n) is 1.34. The van der Waals surface area contributed by atoms with Gasteiger partial charge in [0.2, 0.25) is 0 Å². The second-order valence-electron chi connectivity index (χ2n) is 3.32. The summed E-state index contributed by atoms with van der Waals surface area (Å²) in [7, 11) is 0. The van der Waals surface area contributed by atoms with Crippen molar-refractivity contribution in [2.75, 3.05) is 13.2 Å². The molecule has 0 aliphatic carbocycles. The van der Waals surface area contributed by atoms with Crippen molar-refractivity contribution in [2.45, 2.75) is 27.3 Å². The van der Waals surface area contributed by atoms with Crippen LogP contribution in [0.25, 0.3) is 0 Å². The Morgan fingerprint density at radius 1 is 1.53 bits per heavy atom. The number of aromatic nitrogens is 2. The van der Waals surface area contributed by atoms with Gasteiger partial charge in [0, 0.05) is 17.8 Å². The normalized spacial score (nSPS) is 10.3. The van der Waals surface area contributed by atoms with Crippen molar-refractivity contribution in [3.05, 3.63) is 17.0 Å². The van der Waals surface area contributed by atoms with Crippen LogP contribution in [-0.2, 0) is 16.1 Å². The summed E-state index contributed by atoms with van der Waals surface area (Å²) in [6.45, 7) is 6.98. The number of esters is 1. The minimum Gasteiger partial charge on any atom is -0.465 e. The summed E-state index contributed by atoms with van der Waals surface area (Å²) in [5.41, 5.74) is 3.10. The van der Waals surface area contributed by atoms with Gasteiger partial charge in [-0.25, -0.2) is 0 Å². The smallest absolute Gasteiger partial charge is 0.319 e. The average molecular weight is 211 g/mol. The van der Waals surface area contributed by atoms with Crippen LogP contribution in [0.4, 0.5) is 0 Å². The lowest BCUT2D eigenvalue weighted by Gasteiger charge is -2.04. The molecule has 5 nitrogen and oxygen atoms in total. The third-order valence-electron chi connectivity index (χ3n) is 2.16. The molecule has 15 heavy (non-hydrogen) atoms. The number of nitrogens with zero attached hydrogens (tertiary/aromatic N) is 1. The second kappa shape index (κ2) is 5.50. The molecule has 0 saturated carbocycles. The molecule has 1 rings (SSSR count). The fourth-order valence-corrected chi connectivity index (χ4v) is 1.34. The SMILES string of the molecule is CCOC(=O)CNCc1c(C)n[nH]c1C. The van der Waals surface area contributed by atoms with E-state index in [-0.39, 0.29) is 12.5 Å². The second-order valence-corrected chi connectivity index (χ2v) is 3.32. The number of nitrogens with one attached hydrogen (secondary N) is 2. The largest absolute Gasteiger partial charge is 0.465 e. The van der Waals surface area contributed by atoms with Crippen molar-refractivity contribution in [3.63, 3.8) is 0 Å². The average Bonchev–Trinajstić information content (AvgIpc) is 2.49. The van der Waals surface area contributed by atoms with Crippen molar-refractivity contribution in [2.24, 2.45) is 0 Å². The molecule has 0 aliphatic rings. The van der Waals surface area contributed by atoms with Crippen molar-refractivity contribution in [3.8, 4) is 0 Å². The van der Waals surface area contributed by atoms with E-state index < -0.39 is 0 Å². The molecule has 1 aromatic heterocycles. The summed E-state index contributed by atoms with van der Waals surface area (Å²) >= 11 is 0. The summed E-state index contributed by atoms with van der Waals surface area (Å²) in [6, 6.07) is 0. The Bertz CT molecular complexity index is 314.